The fourth-order valence-electron chi connectivity index (χ4n) is 1.52. The second-order valence-corrected chi connectivity index (χ2v) is 4.65. The van der Waals surface area contributed by atoms with Gasteiger partial charge in [0.25, 0.3) is 0 Å². The van der Waals surface area contributed by atoms with E-state index in [1.165, 1.54) is 0 Å². The Morgan fingerprint density at radius 3 is 2.07 bits per heavy atom. The molecule has 0 aromatic carbocycles. The van der Waals surface area contributed by atoms with Crippen molar-refractivity contribution in [1.29, 1.82) is 0 Å². The molecule has 0 aliphatic carbocycles. The lowest BCUT2D eigenvalue weighted by molar-refractivity contribution is -0.451. The molecular formula is C10H20O4. The van der Waals surface area contributed by atoms with Gasteiger partial charge in [0.2, 0.25) is 0 Å². The summed E-state index contributed by atoms with van der Waals surface area (Å²) in [5.74, 6) is 0.191. The minimum atomic E-state index is -0.618. The lowest BCUT2D eigenvalue weighted by Crippen LogP contribution is -2.52. The van der Waals surface area contributed by atoms with E-state index in [0.717, 1.165) is 0 Å². The maximum atomic E-state index is 9.29. The largest absolute Gasteiger partial charge is 0.393 e. The fraction of sp³-hybridized carbons (Fsp3) is 1.00. The second kappa shape index (κ2) is 4.14. The Labute approximate surface area is 84.8 Å². The maximum Gasteiger partial charge on any atom is 0.129 e. The first-order valence-electron chi connectivity index (χ1n) is 5.06. The van der Waals surface area contributed by atoms with Crippen LogP contribution in [0.25, 0.3) is 0 Å². The summed E-state index contributed by atoms with van der Waals surface area (Å²) in [6, 6.07) is 0. The number of rotatable bonds is 3. The quantitative estimate of drug-likeness (QED) is 0.670. The van der Waals surface area contributed by atoms with Crippen molar-refractivity contribution in [3.63, 3.8) is 0 Å². The standard InChI is InChI=1S/C10H20O4/c1-8(2)10(7-12)5-4-9(3,6-11)13-14-10/h8,11-12H,4-7H2,1-3H3/t9-,10+/m1/s1. The zero-order valence-corrected chi connectivity index (χ0v) is 9.12. The van der Waals surface area contributed by atoms with Crippen LogP contribution in [0, 0.1) is 5.92 Å². The molecule has 0 bridgehead atoms. The van der Waals surface area contributed by atoms with Gasteiger partial charge in [-0.2, -0.15) is 0 Å². The molecule has 2 atom stereocenters. The highest BCUT2D eigenvalue weighted by molar-refractivity contribution is 4.89. The molecular weight excluding hydrogens is 184 g/mol. The summed E-state index contributed by atoms with van der Waals surface area (Å²) in [4.78, 5) is 10.4. The Kier molecular flexibility index (Phi) is 3.53. The predicted octanol–water partition coefficient (Wildman–Crippen LogP) is 0.867. The van der Waals surface area contributed by atoms with Gasteiger partial charge in [0.15, 0.2) is 0 Å². The Balaban J connectivity index is 2.64. The van der Waals surface area contributed by atoms with Gasteiger partial charge in [0.05, 0.1) is 13.2 Å². The molecule has 1 heterocycles. The molecule has 0 amide bonds. The molecule has 0 saturated carbocycles. The lowest BCUT2D eigenvalue weighted by atomic mass is 9.82. The molecule has 1 saturated heterocycles. The van der Waals surface area contributed by atoms with Crippen LogP contribution in [-0.2, 0) is 9.78 Å². The van der Waals surface area contributed by atoms with Crippen molar-refractivity contribution in [3.05, 3.63) is 0 Å². The van der Waals surface area contributed by atoms with Gasteiger partial charge in [-0.05, 0) is 25.7 Å². The van der Waals surface area contributed by atoms with Crippen molar-refractivity contribution in [2.45, 2.75) is 44.8 Å². The first-order valence-corrected chi connectivity index (χ1v) is 5.06. The minimum Gasteiger partial charge on any atom is -0.393 e. The van der Waals surface area contributed by atoms with Gasteiger partial charge in [-0.1, -0.05) is 13.8 Å². The topological polar surface area (TPSA) is 58.9 Å². The van der Waals surface area contributed by atoms with Crippen LogP contribution in [0.3, 0.4) is 0 Å². The van der Waals surface area contributed by atoms with E-state index in [4.69, 9.17) is 14.9 Å². The van der Waals surface area contributed by atoms with Crippen molar-refractivity contribution in [2.75, 3.05) is 13.2 Å². The van der Waals surface area contributed by atoms with Gasteiger partial charge in [-0.3, -0.25) is 0 Å². The second-order valence-electron chi connectivity index (χ2n) is 4.65. The third kappa shape index (κ3) is 2.08. The monoisotopic (exact) mass is 204 g/mol. The molecule has 0 aromatic heterocycles. The van der Waals surface area contributed by atoms with Gasteiger partial charge >= 0.3 is 0 Å². The van der Waals surface area contributed by atoms with Crippen LogP contribution in [0.15, 0.2) is 0 Å². The highest BCUT2D eigenvalue weighted by Crippen LogP contribution is 2.37. The van der Waals surface area contributed by atoms with Crippen LogP contribution in [0.2, 0.25) is 0 Å². The van der Waals surface area contributed by atoms with E-state index in [-0.39, 0.29) is 19.1 Å². The van der Waals surface area contributed by atoms with Gasteiger partial charge in [-0.25, -0.2) is 9.78 Å². The molecule has 0 unspecified atom stereocenters. The summed E-state index contributed by atoms with van der Waals surface area (Å²) in [6.07, 6.45) is 1.40. The van der Waals surface area contributed by atoms with E-state index in [9.17, 15) is 5.11 Å². The van der Waals surface area contributed by atoms with Gasteiger partial charge in [0, 0.05) is 0 Å². The Morgan fingerprint density at radius 2 is 1.79 bits per heavy atom. The van der Waals surface area contributed by atoms with E-state index in [0.29, 0.717) is 12.8 Å². The summed E-state index contributed by atoms with van der Waals surface area (Å²) >= 11 is 0. The normalized spacial score (nSPS) is 39.0. The molecule has 1 rings (SSSR count). The van der Waals surface area contributed by atoms with Crippen LogP contribution in [0.5, 0.6) is 0 Å². The highest BCUT2D eigenvalue weighted by atomic mass is 17.2. The van der Waals surface area contributed by atoms with Crippen molar-refractivity contribution in [3.8, 4) is 0 Å². The molecule has 1 aliphatic heterocycles. The van der Waals surface area contributed by atoms with Crippen molar-refractivity contribution < 1.29 is 20.0 Å². The molecule has 0 radical (unpaired) electrons. The Bertz CT molecular complexity index is 183. The molecule has 1 fully saturated rings. The first kappa shape index (κ1) is 11.9. The van der Waals surface area contributed by atoms with Crippen molar-refractivity contribution >= 4 is 0 Å². The van der Waals surface area contributed by atoms with Gasteiger partial charge in [-0.15, -0.1) is 0 Å². The molecule has 2 N–H and O–H groups in total. The SMILES string of the molecule is CC(C)[C@@]1(CO)CC[C@](C)(CO)OO1. The van der Waals surface area contributed by atoms with Gasteiger partial charge < -0.3 is 10.2 Å². The molecule has 4 heteroatoms. The lowest BCUT2D eigenvalue weighted by Gasteiger charge is -2.43. The maximum absolute atomic E-state index is 9.29. The highest BCUT2D eigenvalue weighted by Gasteiger charge is 2.44. The molecule has 84 valence electrons. The third-order valence-electron chi connectivity index (χ3n) is 3.14. The molecule has 14 heavy (non-hydrogen) atoms. The van der Waals surface area contributed by atoms with Crippen LogP contribution < -0.4 is 0 Å². The summed E-state index contributed by atoms with van der Waals surface area (Å²) in [5.41, 5.74) is -1.22. The van der Waals surface area contributed by atoms with Crippen molar-refractivity contribution in [2.24, 2.45) is 5.92 Å². The van der Waals surface area contributed by atoms with E-state index >= 15 is 0 Å². The van der Waals surface area contributed by atoms with Crippen LogP contribution in [0.1, 0.15) is 33.6 Å². The zero-order valence-electron chi connectivity index (χ0n) is 9.12. The Morgan fingerprint density at radius 1 is 1.14 bits per heavy atom. The van der Waals surface area contributed by atoms with Crippen LogP contribution in [0.4, 0.5) is 0 Å². The average molecular weight is 204 g/mol. The van der Waals surface area contributed by atoms with Crippen LogP contribution in [-0.4, -0.2) is 34.6 Å². The summed E-state index contributed by atoms with van der Waals surface area (Å²) in [5, 5.41) is 18.4. The summed E-state index contributed by atoms with van der Waals surface area (Å²) < 4.78 is 0. The molecule has 0 spiro atoms. The minimum absolute atomic E-state index is 0.0494. The van der Waals surface area contributed by atoms with E-state index in [1.54, 1.807) is 6.92 Å². The molecule has 0 aromatic rings. The summed E-state index contributed by atoms with van der Waals surface area (Å²) in [7, 11) is 0. The fourth-order valence-corrected chi connectivity index (χ4v) is 1.52. The smallest absolute Gasteiger partial charge is 0.129 e. The Hall–Kier alpha value is -0.160. The predicted molar refractivity (Wildman–Crippen MR) is 51.5 cm³/mol. The van der Waals surface area contributed by atoms with E-state index in [1.807, 2.05) is 13.8 Å². The molecule has 4 nitrogen and oxygen atoms in total. The zero-order chi connectivity index (χ0) is 10.8. The van der Waals surface area contributed by atoms with Gasteiger partial charge in [0.1, 0.15) is 11.2 Å². The van der Waals surface area contributed by atoms with E-state index < -0.39 is 11.2 Å². The van der Waals surface area contributed by atoms with E-state index in [2.05, 4.69) is 0 Å². The number of aliphatic hydroxyl groups excluding tert-OH is 2. The number of hydrogen-bond acceptors (Lipinski definition) is 4. The van der Waals surface area contributed by atoms with Crippen molar-refractivity contribution in [1.82, 2.24) is 0 Å². The molecule has 1 aliphatic rings. The third-order valence-corrected chi connectivity index (χ3v) is 3.14. The number of aliphatic hydroxyl groups is 2. The average Bonchev–Trinajstić information content (AvgIpc) is 2.19. The summed E-state index contributed by atoms with van der Waals surface area (Å²) in [6.45, 7) is 5.66. The number of hydrogen-bond donors (Lipinski definition) is 2. The van der Waals surface area contributed by atoms with Crippen LogP contribution >= 0.6 is 0 Å². The first-order chi connectivity index (χ1) is 6.48.